The van der Waals surface area contributed by atoms with Crippen molar-refractivity contribution >= 4 is 35.3 Å². The number of carbonyl (C=O) groups excluding carboxylic acids is 5. The number of piperidine rings is 2. The van der Waals surface area contributed by atoms with Crippen molar-refractivity contribution in [1.29, 1.82) is 0 Å². The highest BCUT2D eigenvalue weighted by Gasteiger charge is 2.28. The summed E-state index contributed by atoms with van der Waals surface area (Å²) in [5.74, 6) is 5.57. The molecule has 0 bridgehead atoms. The zero-order valence-corrected chi connectivity index (χ0v) is 32.4. The number of aliphatic carboxylic acids is 1. The second-order valence-corrected chi connectivity index (χ2v) is 14.2. The smallest absolute Gasteiger partial charge is 0.305 e. The van der Waals surface area contributed by atoms with E-state index >= 15 is 0 Å². The summed E-state index contributed by atoms with van der Waals surface area (Å²) in [5, 5.41) is 8.66. The van der Waals surface area contributed by atoms with E-state index in [-0.39, 0.29) is 47.9 Å². The Labute approximate surface area is 326 Å². The third kappa shape index (κ3) is 18.2. The van der Waals surface area contributed by atoms with Gasteiger partial charge in [0, 0.05) is 64.0 Å². The molecule has 10 heteroatoms. The molecule has 2 heterocycles. The zero-order valence-electron chi connectivity index (χ0n) is 32.4. The lowest BCUT2D eigenvalue weighted by molar-refractivity contribution is -0.141. The fourth-order valence-corrected chi connectivity index (χ4v) is 6.83. The Morgan fingerprint density at radius 2 is 1.40 bits per heavy atom. The number of allylic oxidation sites excluding steroid dienone is 1. The van der Waals surface area contributed by atoms with Gasteiger partial charge in [0.05, 0.1) is 19.7 Å². The summed E-state index contributed by atoms with van der Waals surface area (Å²) in [6.07, 6.45) is 15.4. The second-order valence-electron chi connectivity index (χ2n) is 14.2. The molecular formula is C45H58N2O8. The Balaban J connectivity index is 0.000000296. The van der Waals surface area contributed by atoms with E-state index in [9.17, 15) is 28.8 Å². The molecule has 4 rings (SSSR count). The predicted molar refractivity (Wildman–Crippen MR) is 212 cm³/mol. The van der Waals surface area contributed by atoms with Crippen LogP contribution in [0.15, 0.2) is 72.8 Å². The third-order valence-electron chi connectivity index (χ3n) is 9.85. The first-order chi connectivity index (χ1) is 26.7. The summed E-state index contributed by atoms with van der Waals surface area (Å²) in [6.45, 7) is 1.07. The molecule has 0 aromatic heterocycles. The Hall–Kier alpha value is -5.04. The van der Waals surface area contributed by atoms with Crippen LogP contribution in [0.1, 0.15) is 114 Å². The monoisotopic (exact) mass is 754 g/mol. The highest BCUT2D eigenvalue weighted by atomic mass is 16.5. The van der Waals surface area contributed by atoms with Gasteiger partial charge in [0.15, 0.2) is 5.78 Å². The number of hydrogen-bond acceptors (Lipinski definition) is 7. The van der Waals surface area contributed by atoms with Crippen molar-refractivity contribution in [2.75, 3.05) is 20.2 Å². The molecule has 2 aliphatic heterocycles. The van der Waals surface area contributed by atoms with Crippen molar-refractivity contribution in [2.45, 2.75) is 128 Å². The fourth-order valence-electron chi connectivity index (χ4n) is 6.83. The molecular weight excluding hydrogens is 697 g/mol. The molecule has 0 aliphatic carbocycles. The number of methoxy groups -OCH3 is 1. The first-order valence-electron chi connectivity index (χ1n) is 19.8. The average Bonchev–Trinajstić information content (AvgIpc) is 3.18. The first kappa shape index (κ1) is 44.4. The fraction of sp³-hybridized carbons (Fsp3) is 0.511. The van der Waals surface area contributed by atoms with E-state index in [2.05, 4.69) is 16.6 Å². The molecule has 2 aromatic carbocycles. The summed E-state index contributed by atoms with van der Waals surface area (Å²) >= 11 is 0. The molecule has 1 N–H and O–H groups in total. The second kappa shape index (κ2) is 25.9. The summed E-state index contributed by atoms with van der Waals surface area (Å²) in [6, 6.07) is 19.5. The summed E-state index contributed by atoms with van der Waals surface area (Å²) in [5.41, 5.74) is 2.02. The molecule has 2 unspecified atom stereocenters. The van der Waals surface area contributed by atoms with Crippen LogP contribution < -0.4 is 0 Å². The summed E-state index contributed by atoms with van der Waals surface area (Å²) < 4.78 is 4.59. The molecule has 2 amide bonds. The number of esters is 1. The van der Waals surface area contributed by atoms with E-state index in [4.69, 9.17) is 5.11 Å². The zero-order chi connectivity index (χ0) is 39.7. The topological polar surface area (TPSA) is 138 Å². The largest absolute Gasteiger partial charge is 0.481 e. The molecule has 10 nitrogen and oxygen atoms in total. The number of unbranched alkanes of at least 4 members (excludes halogenated alkanes) is 4. The van der Waals surface area contributed by atoms with E-state index in [1.54, 1.807) is 11.0 Å². The van der Waals surface area contributed by atoms with Gasteiger partial charge in [-0.05, 0) is 68.6 Å². The first-order valence-corrected chi connectivity index (χ1v) is 19.8. The van der Waals surface area contributed by atoms with E-state index in [1.165, 1.54) is 7.11 Å². The Morgan fingerprint density at radius 1 is 0.764 bits per heavy atom. The van der Waals surface area contributed by atoms with Crippen molar-refractivity contribution in [3.8, 4) is 11.8 Å². The van der Waals surface area contributed by atoms with Gasteiger partial charge in [0.1, 0.15) is 5.78 Å². The van der Waals surface area contributed by atoms with Crippen LogP contribution in [0.4, 0.5) is 0 Å². The van der Waals surface area contributed by atoms with Gasteiger partial charge in [-0.15, -0.1) is 5.92 Å². The van der Waals surface area contributed by atoms with Crippen molar-refractivity contribution in [3.05, 3.63) is 83.9 Å². The van der Waals surface area contributed by atoms with Crippen LogP contribution in [0.25, 0.3) is 0 Å². The van der Waals surface area contributed by atoms with Crippen LogP contribution in [-0.4, -0.2) is 82.5 Å². The Bertz CT molecular complexity index is 1610. The maximum absolute atomic E-state index is 12.3. The van der Waals surface area contributed by atoms with Gasteiger partial charge in [-0.3, -0.25) is 28.8 Å². The predicted octanol–water partition coefficient (Wildman–Crippen LogP) is 7.08. The molecule has 2 saturated heterocycles. The number of carboxylic acid groups (broad SMARTS) is 1. The summed E-state index contributed by atoms with van der Waals surface area (Å²) in [7, 11) is 1.37. The molecule has 0 saturated carbocycles. The third-order valence-corrected chi connectivity index (χ3v) is 9.85. The van der Waals surface area contributed by atoms with Crippen molar-refractivity contribution in [2.24, 2.45) is 0 Å². The highest BCUT2D eigenvalue weighted by molar-refractivity contribution is 5.91. The van der Waals surface area contributed by atoms with Gasteiger partial charge >= 0.3 is 11.9 Å². The van der Waals surface area contributed by atoms with Gasteiger partial charge in [0.25, 0.3) is 0 Å². The molecule has 0 radical (unpaired) electrons. The lowest BCUT2D eigenvalue weighted by atomic mass is 9.94. The molecule has 2 fully saturated rings. The van der Waals surface area contributed by atoms with E-state index < -0.39 is 5.97 Å². The number of amides is 2. The maximum Gasteiger partial charge on any atom is 0.305 e. The SMILES string of the molecule is COC(=O)CCCC#CCN1C(=O)CCCC1/C=C/C(=O)Cc1ccccc1.O=C(O)CCCCCCN1C(=O)CCCC1CCC(=O)Cc1ccccc1. The number of rotatable bonds is 20. The molecule has 0 spiro atoms. The number of Topliss-reactive ketones (excluding diaryl/α,β-unsaturated/α-hetero) is 1. The molecule has 2 aromatic rings. The van der Waals surface area contributed by atoms with Crippen molar-refractivity contribution in [3.63, 3.8) is 0 Å². The normalized spacial score (nSPS) is 16.8. The van der Waals surface area contributed by atoms with Gasteiger partial charge in [0.2, 0.25) is 11.8 Å². The maximum atomic E-state index is 12.3. The van der Waals surface area contributed by atoms with Gasteiger partial charge in [-0.1, -0.05) is 85.5 Å². The number of ketones is 2. The molecule has 2 atom stereocenters. The standard InChI is InChI=1S/C23H27NO4.C22H31NO4/c1-28-23(27)14-7-2-3-8-17-24-20(12-9-13-22(24)26)15-16-21(25)18-19-10-5-4-6-11-19;24-20(17-18-9-4-3-5-10-18)15-14-19-11-8-12-21(25)23(19)16-7-2-1-6-13-22(26)27/h4-6,10-11,15-16,20H,2,7,9,12-14,17-18H2,1H3;3-5,9-10,19H,1-2,6-8,11-17H2,(H,26,27)/b16-15+;. The lowest BCUT2D eigenvalue weighted by Gasteiger charge is -2.36. The van der Waals surface area contributed by atoms with Crippen LogP contribution in [0.5, 0.6) is 0 Å². The number of hydrogen-bond donors (Lipinski definition) is 1. The minimum absolute atomic E-state index is 0.0260. The summed E-state index contributed by atoms with van der Waals surface area (Å²) in [4.78, 5) is 74.4. The molecule has 55 heavy (non-hydrogen) atoms. The van der Waals surface area contributed by atoms with Crippen LogP contribution in [0.3, 0.4) is 0 Å². The van der Waals surface area contributed by atoms with Crippen LogP contribution in [0, 0.1) is 11.8 Å². The van der Waals surface area contributed by atoms with Gasteiger partial charge in [-0.25, -0.2) is 0 Å². The minimum atomic E-state index is -0.749. The van der Waals surface area contributed by atoms with E-state index in [0.29, 0.717) is 64.3 Å². The van der Waals surface area contributed by atoms with Gasteiger partial charge < -0.3 is 19.6 Å². The van der Waals surface area contributed by atoms with Crippen molar-refractivity contribution < 1.29 is 38.6 Å². The van der Waals surface area contributed by atoms with Gasteiger partial charge in [-0.2, -0.15) is 0 Å². The highest BCUT2D eigenvalue weighted by Crippen LogP contribution is 2.23. The van der Waals surface area contributed by atoms with E-state index in [0.717, 1.165) is 69.0 Å². The minimum Gasteiger partial charge on any atom is -0.481 e. The number of ether oxygens (including phenoxy) is 1. The van der Waals surface area contributed by atoms with Crippen molar-refractivity contribution in [1.82, 2.24) is 9.80 Å². The molecule has 296 valence electrons. The Kier molecular flexibility index (Phi) is 20.9. The number of likely N-dealkylation sites (tertiary alicyclic amines) is 2. The number of nitrogens with zero attached hydrogens (tertiary/aromatic N) is 2. The lowest BCUT2D eigenvalue weighted by Crippen LogP contribution is -2.44. The Morgan fingerprint density at radius 3 is 2.07 bits per heavy atom. The van der Waals surface area contributed by atoms with Crippen LogP contribution >= 0.6 is 0 Å². The number of benzene rings is 2. The average molecular weight is 755 g/mol. The number of carbonyl (C=O) groups is 6. The number of carboxylic acids is 1. The van der Waals surface area contributed by atoms with Crippen LogP contribution in [0.2, 0.25) is 0 Å². The molecule has 2 aliphatic rings. The quantitative estimate of drug-likeness (QED) is 0.0656. The van der Waals surface area contributed by atoms with Crippen LogP contribution in [-0.2, 0) is 46.3 Å². The van der Waals surface area contributed by atoms with E-state index in [1.807, 2.05) is 71.6 Å².